The van der Waals surface area contributed by atoms with Crippen LogP contribution in [0.1, 0.15) is 38.5 Å². The first-order valence-corrected chi connectivity index (χ1v) is 5.83. The van der Waals surface area contributed by atoms with Crippen molar-refractivity contribution in [3.05, 3.63) is 4.91 Å². The zero-order valence-corrected chi connectivity index (χ0v) is 8.39. The Morgan fingerprint density at radius 1 is 0.929 bits per heavy atom. The molecule has 3 aliphatic rings. The number of hydrogen-bond acceptors (Lipinski definition) is 3. The Kier molecular flexibility index (Phi) is 2.08. The van der Waals surface area contributed by atoms with E-state index in [1.54, 1.807) is 0 Å². The van der Waals surface area contributed by atoms with Gasteiger partial charge in [-0.2, -0.15) is 4.91 Å². The molecule has 14 heavy (non-hydrogen) atoms. The van der Waals surface area contributed by atoms with E-state index in [-0.39, 0.29) is 6.04 Å². The second kappa shape index (κ2) is 3.30. The summed E-state index contributed by atoms with van der Waals surface area (Å²) < 4.78 is 5.92. The van der Waals surface area contributed by atoms with Crippen molar-refractivity contribution in [3.63, 3.8) is 0 Å². The molecule has 3 heteroatoms. The van der Waals surface area contributed by atoms with Crippen LogP contribution < -0.4 is 0 Å². The minimum atomic E-state index is 0.117. The van der Waals surface area contributed by atoms with E-state index in [1.165, 1.54) is 25.7 Å². The van der Waals surface area contributed by atoms with Gasteiger partial charge in [0.25, 0.3) is 0 Å². The van der Waals surface area contributed by atoms with E-state index in [9.17, 15) is 4.91 Å². The van der Waals surface area contributed by atoms with Gasteiger partial charge in [0.1, 0.15) is 0 Å². The highest BCUT2D eigenvalue weighted by Gasteiger charge is 2.43. The summed E-state index contributed by atoms with van der Waals surface area (Å²) in [5, 5.41) is 3.18. The van der Waals surface area contributed by atoms with E-state index in [0.29, 0.717) is 12.2 Å². The van der Waals surface area contributed by atoms with Gasteiger partial charge in [0.15, 0.2) is 0 Å². The maximum atomic E-state index is 10.4. The van der Waals surface area contributed by atoms with Crippen LogP contribution in [0.5, 0.6) is 0 Å². The largest absolute Gasteiger partial charge is 0.375 e. The van der Waals surface area contributed by atoms with Crippen molar-refractivity contribution in [2.45, 2.75) is 56.8 Å². The number of fused-ring (bicyclic) bond motifs is 1. The topological polar surface area (TPSA) is 38.7 Å². The summed E-state index contributed by atoms with van der Waals surface area (Å²) >= 11 is 0. The van der Waals surface area contributed by atoms with Crippen LogP contribution in [0, 0.1) is 16.7 Å². The minimum absolute atomic E-state index is 0.117. The molecule has 78 valence electrons. The van der Waals surface area contributed by atoms with Crippen LogP contribution in [0.15, 0.2) is 5.18 Å². The fourth-order valence-electron chi connectivity index (χ4n) is 3.20. The Labute approximate surface area is 84.2 Å². The molecule has 3 nitrogen and oxygen atoms in total. The van der Waals surface area contributed by atoms with E-state index in [4.69, 9.17) is 4.74 Å². The lowest BCUT2D eigenvalue weighted by atomic mass is 10.0. The van der Waals surface area contributed by atoms with Crippen molar-refractivity contribution in [1.82, 2.24) is 0 Å². The zero-order valence-electron chi connectivity index (χ0n) is 8.39. The molecule has 0 aromatic heterocycles. The lowest BCUT2D eigenvalue weighted by Gasteiger charge is -2.12. The van der Waals surface area contributed by atoms with Gasteiger partial charge in [-0.15, -0.1) is 0 Å². The maximum Gasteiger partial charge on any atom is 0.0925 e. The van der Waals surface area contributed by atoms with Crippen molar-refractivity contribution in [1.29, 1.82) is 0 Å². The Hall–Kier alpha value is -0.440. The molecule has 0 heterocycles. The molecule has 3 saturated carbocycles. The summed E-state index contributed by atoms with van der Waals surface area (Å²) in [6.45, 7) is 0. The van der Waals surface area contributed by atoms with E-state index in [1.807, 2.05) is 0 Å². The summed E-state index contributed by atoms with van der Waals surface area (Å²) in [5.41, 5.74) is 0. The lowest BCUT2D eigenvalue weighted by molar-refractivity contribution is 0.0391. The fraction of sp³-hybridized carbons (Fsp3) is 1.00. The second-order valence-corrected chi connectivity index (χ2v) is 5.18. The molecule has 0 aliphatic heterocycles. The van der Waals surface area contributed by atoms with Crippen molar-refractivity contribution < 1.29 is 4.74 Å². The van der Waals surface area contributed by atoms with Crippen LogP contribution >= 0.6 is 0 Å². The molecule has 0 N–H and O–H groups in total. The molecule has 0 spiro atoms. The highest BCUT2D eigenvalue weighted by Crippen LogP contribution is 2.47. The van der Waals surface area contributed by atoms with E-state index in [2.05, 4.69) is 5.18 Å². The quantitative estimate of drug-likeness (QED) is 0.649. The standard InChI is InChI=1S/C11H17NO2/c13-12-9-3-7-5-11(6-8(7)4-9)14-10-1-2-10/h7-11H,1-6H2/t7?,8?,9-,11+. The molecule has 0 bridgehead atoms. The van der Waals surface area contributed by atoms with E-state index in [0.717, 1.165) is 24.7 Å². The predicted molar refractivity (Wildman–Crippen MR) is 52.9 cm³/mol. The summed E-state index contributed by atoms with van der Waals surface area (Å²) in [5.74, 6) is 1.47. The minimum Gasteiger partial charge on any atom is -0.375 e. The van der Waals surface area contributed by atoms with Gasteiger partial charge < -0.3 is 4.74 Å². The van der Waals surface area contributed by atoms with Crippen LogP contribution in [0.2, 0.25) is 0 Å². The molecule has 0 aromatic carbocycles. The first kappa shape index (κ1) is 8.84. The predicted octanol–water partition coefficient (Wildman–Crippen LogP) is 2.49. The van der Waals surface area contributed by atoms with Crippen LogP contribution in [0.25, 0.3) is 0 Å². The van der Waals surface area contributed by atoms with E-state index >= 15 is 0 Å². The molecule has 3 aliphatic carbocycles. The van der Waals surface area contributed by atoms with Crippen molar-refractivity contribution in [2.75, 3.05) is 0 Å². The molecule has 0 aromatic rings. The third kappa shape index (κ3) is 1.58. The van der Waals surface area contributed by atoms with Crippen molar-refractivity contribution in [2.24, 2.45) is 17.0 Å². The fourth-order valence-corrected chi connectivity index (χ4v) is 3.20. The summed E-state index contributed by atoms with van der Waals surface area (Å²) in [4.78, 5) is 10.4. The molecule has 2 atom stereocenters. The molecule has 3 fully saturated rings. The molecule has 0 saturated heterocycles. The van der Waals surface area contributed by atoms with Crippen LogP contribution in [0.3, 0.4) is 0 Å². The average molecular weight is 195 g/mol. The first-order chi connectivity index (χ1) is 6.85. The van der Waals surface area contributed by atoms with Gasteiger partial charge >= 0.3 is 0 Å². The third-order valence-electron chi connectivity index (χ3n) is 4.01. The molecular formula is C11H17NO2. The maximum absolute atomic E-state index is 10.4. The highest BCUT2D eigenvalue weighted by atomic mass is 16.5. The molecule has 0 amide bonds. The number of nitroso groups, excluding NO2 is 1. The molecule has 0 radical (unpaired) electrons. The molecule has 2 unspecified atom stereocenters. The second-order valence-electron chi connectivity index (χ2n) is 5.18. The van der Waals surface area contributed by atoms with Gasteiger partial charge in [-0.1, -0.05) is 5.18 Å². The van der Waals surface area contributed by atoms with Crippen LogP contribution in [-0.2, 0) is 4.74 Å². The Balaban J connectivity index is 1.54. The lowest BCUT2D eigenvalue weighted by Crippen LogP contribution is -2.12. The Morgan fingerprint density at radius 2 is 1.57 bits per heavy atom. The van der Waals surface area contributed by atoms with Gasteiger partial charge in [-0.25, -0.2) is 0 Å². The molecule has 3 rings (SSSR count). The average Bonchev–Trinajstić information content (AvgIpc) is 2.75. The monoisotopic (exact) mass is 195 g/mol. The number of hydrogen-bond donors (Lipinski definition) is 0. The molecular weight excluding hydrogens is 178 g/mol. The van der Waals surface area contributed by atoms with Gasteiger partial charge in [0.05, 0.1) is 18.2 Å². The zero-order chi connectivity index (χ0) is 9.54. The smallest absolute Gasteiger partial charge is 0.0925 e. The van der Waals surface area contributed by atoms with Gasteiger partial charge in [-0.05, 0) is 50.4 Å². The van der Waals surface area contributed by atoms with Crippen molar-refractivity contribution >= 4 is 0 Å². The first-order valence-electron chi connectivity index (χ1n) is 5.83. The Morgan fingerprint density at radius 3 is 2.07 bits per heavy atom. The SMILES string of the molecule is O=N[C@H]1CC2C[C@@H](OC3CC3)CC2C1. The Bertz CT molecular complexity index is 225. The van der Waals surface area contributed by atoms with Gasteiger partial charge in [-0.3, -0.25) is 0 Å². The van der Waals surface area contributed by atoms with Crippen molar-refractivity contribution in [3.8, 4) is 0 Å². The summed E-state index contributed by atoms with van der Waals surface area (Å²) in [7, 11) is 0. The summed E-state index contributed by atoms with van der Waals surface area (Å²) in [6.07, 6.45) is 8.05. The van der Waals surface area contributed by atoms with Gasteiger partial charge in [0.2, 0.25) is 0 Å². The van der Waals surface area contributed by atoms with Crippen LogP contribution in [0.4, 0.5) is 0 Å². The highest BCUT2D eigenvalue weighted by molar-refractivity contribution is 4.95. The van der Waals surface area contributed by atoms with E-state index < -0.39 is 0 Å². The van der Waals surface area contributed by atoms with Crippen LogP contribution in [-0.4, -0.2) is 18.2 Å². The number of nitrogens with zero attached hydrogens (tertiary/aromatic N) is 1. The number of rotatable bonds is 3. The normalized spacial score (nSPS) is 46.6. The third-order valence-corrected chi connectivity index (χ3v) is 4.01. The van der Waals surface area contributed by atoms with Gasteiger partial charge in [0, 0.05) is 0 Å². The summed E-state index contributed by atoms with van der Waals surface area (Å²) in [6, 6.07) is 0.117. The number of ether oxygens (including phenoxy) is 1.